The fraction of sp³-hybridized carbons (Fsp3) is 0.167. The standard InChI is InChI=1S/C12H14N4O/c1-9-6-14-16(7-9)8-12(17)15-11-5-3-2-4-10(11)13/h2-7H,8,13H2,1H3,(H,15,17). The van der Waals surface area contributed by atoms with Crippen LogP contribution in [0.2, 0.25) is 0 Å². The van der Waals surface area contributed by atoms with Gasteiger partial charge < -0.3 is 11.1 Å². The molecule has 0 unspecified atom stereocenters. The van der Waals surface area contributed by atoms with E-state index in [1.807, 2.05) is 25.3 Å². The molecule has 2 rings (SSSR count). The Labute approximate surface area is 99.2 Å². The van der Waals surface area contributed by atoms with Crippen LogP contribution in [-0.2, 0) is 11.3 Å². The number of amides is 1. The Hall–Kier alpha value is -2.30. The number of anilines is 2. The molecule has 17 heavy (non-hydrogen) atoms. The van der Waals surface area contributed by atoms with Crippen LogP contribution in [0.15, 0.2) is 36.7 Å². The Morgan fingerprint density at radius 2 is 2.24 bits per heavy atom. The molecule has 0 aliphatic carbocycles. The largest absolute Gasteiger partial charge is 0.397 e. The van der Waals surface area contributed by atoms with E-state index in [1.165, 1.54) is 0 Å². The van der Waals surface area contributed by atoms with Crippen molar-refractivity contribution in [1.82, 2.24) is 9.78 Å². The van der Waals surface area contributed by atoms with Gasteiger partial charge in [-0.05, 0) is 24.6 Å². The summed E-state index contributed by atoms with van der Waals surface area (Å²) in [5.74, 6) is -0.147. The lowest BCUT2D eigenvalue weighted by molar-refractivity contribution is -0.116. The zero-order valence-corrected chi connectivity index (χ0v) is 9.55. The minimum absolute atomic E-state index is 0.147. The molecule has 1 aromatic carbocycles. The van der Waals surface area contributed by atoms with Crippen molar-refractivity contribution in [3.8, 4) is 0 Å². The Balaban J connectivity index is 2.01. The summed E-state index contributed by atoms with van der Waals surface area (Å²) < 4.78 is 1.59. The Bertz CT molecular complexity index is 533. The second-order valence-electron chi connectivity index (χ2n) is 3.85. The summed E-state index contributed by atoms with van der Waals surface area (Å²) >= 11 is 0. The van der Waals surface area contributed by atoms with Crippen LogP contribution in [0.1, 0.15) is 5.56 Å². The number of para-hydroxylation sites is 2. The van der Waals surface area contributed by atoms with Crippen LogP contribution in [0.3, 0.4) is 0 Å². The van der Waals surface area contributed by atoms with Gasteiger partial charge in [0.2, 0.25) is 5.91 Å². The van der Waals surface area contributed by atoms with E-state index >= 15 is 0 Å². The SMILES string of the molecule is Cc1cnn(CC(=O)Nc2ccccc2N)c1. The van der Waals surface area contributed by atoms with E-state index in [4.69, 9.17) is 5.73 Å². The molecule has 0 aliphatic rings. The van der Waals surface area contributed by atoms with Gasteiger partial charge in [0, 0.05) is 6.20 Å². The third kappa shape index (κ3) is 2.84. The minimum atomic E-state index is -0.147. The number of hydrogen-bond acceptors (Lipinski definition) is 3. The van der Waals surface area contributed by atoms with E-state index in [0.29, 0.717) is 11.4 Å². The molecule has 5 nitrogen and oxygen atoms in total. The lowest BCUT2D eigenvalue weighted by Gasteiger charge is -2.07. The summed E-state index contributed by atoms with van der Waals surface area (Å²) in [5, 5.41) is 6.79. The van der Waals surface area contributed by atoms with Gasteiger partial charge in [0.15, 0.2) is 0 Å². The first-order valence-corrected chi connectivity index (χ1v) is 5.28. The molecular formula is C12H14N4O. The highest BCUT2D eigenvalue weighted by Crippen LogP contribution is 2.16. The maximum absolute atomic E-state index is 11.7. The van der Waals surface area contributed by atoms with Crippen molar-refractivity contribution < 1.29 is 4.79 Å². The molecule has 1 amide bonds. The number of aryl methyl sites for hydroxylation is 1. The fourth-order valence-corrected chi connectivity index (χ4v) is 1.50. The zero-order chi connectivity index (χ0) is 12.3. The van der Waals surface area contributed by atoms with Gasteiger partial charge in [-0.1, -0.05) is 12.1 Å². The highest BCUT2D eigenvalue weighted by atomic mass is 16.2. The molecule has 0 saturated heterocycles. The van der Waals surface area contributed by atoms with Crippen LogP contribution >= 0.6 is 0 Å². The first kappa shape index (κ1) is 11.2. The molecule has 0 bridgehead atoms. The molecule has 0 atom stereocenters. The third-order valence-electron chi connectivity index (χ3n) is 2.30. The Morgan fingerprint density at radius 1 is 1.47 bits per heavy atom. The summed E-state index contributed by atoms with van der Waals surface area (Å²) in [5.41, 5.74) is 7.93. The molecule has 3 N–H and O–H groups in total. The maximum atomic E-state index is 11.7. The molecule has 0 saturated carbocycles. The van der Waals surface area contributed by atoms with E-state index < -0.39 is 0 Å². The number of hydrogen-bond donors (Lipinski definition) is 2. The number of carbonyl (C=O) groups excluding carboxylic acids is 1. The van der Waals surface area contributed by atoms with Gasteiger partial charge in [-0.3, -0.25) is 9.48 Å². The highest BCUT2D eigenvalue weighted by Gasteiger charge is 2.05. The molecule has 0 radical (unpaired) electrons. The highest BCUT2D eigenvalue weighted by molar-refractivity contribution is 5.93. The Kier molecular flexibility index (Phi) is 3.09. The molecule has 0 spiro atoms. The first-order chi connectivity index (χ1) is 8.15. The monoisotopic (exact) mass is 230 g/mol. The van der Waals surface area contributed by atoms with Crippen molar-refractivity contribution >= 4 is 17.3 Å². The smallest absolute Gasteiger partial charge is 0.246 e. The number of nitrogens with two attached hydrogens (primary N) is 1. The number of carbonyl (C=O) groups is 1. The number of rotatable bonds is 3. The van der Waals surface area contributed by atoms with Crippen molar-refractivity contribution in [2.24, 2.45) is 0 Å². The van der Waals surface area contributed by atoms with E-state index in [0.717, 1.165) is 5.56 Å². The van der Waals surface area contributed by atoms with Gasteiger partial charge in [-0.2, -0.15) is 5.10 Å². The van der Waals surface area contributed by atoms with Gasteiger partial charge in [-0.15, -0.1) is 0 Å². The van der Waals surface area contributed by atoms with Crippen molar-refractivity contribution in [2.45, 2.75) is 13.5 Å². The Morgan fingerprint density at radius 3 is 2.88 bits per heavy atom. The number of nitrogen functional groups attached to an aromatic ring is 1. The number of aromatic nitrogens is 2. The topological polar surface area (TPSA) is 72.9 Å². The van der Waals surface area contributed by atoms with Crippen LogP contribution in [-0.4, -0.2) is 15.7 Å². The molecule has 88 valence electrons. The van der Waals surface area contributed by atoms with Crippen LogP contribution in [0.5, 0.6) is 0 Å². The minimum Gasteiger partial charge on any atom is -0.397 e. The summed E-state index contributed by atoms with van der Waals surface area (Å²) in [7, 11) is 0. The molecular weight excluding hydrogens is 216 g/mol. The predicted octanol–water partition coefficient (Wildman–Crippen LogP) is 1.41. The number of nitrogens with zero attached hydrogens (tertiary/aromatic N) is 2. The van der Waals surface area contributed by atoms with E-state index in [1.54, 1.807) is 23.0 Å². The molecule has 5 heteroatoms. The van der Waals surface area contributed by atoms with Crippen molar-refractivity contribution in [1.29, 1.82) is 0 Å². The molecule has 1 heterocycles. The summed E-state index contributed by atoms with van der Waals surface area (Å²) in [6.07, 6.45) is 3.53. The quantitative estimate of drug-likeness (QED) is 0.783. The van der Waals surface area contributed by atoms with E-state index in [9.17, 15) is 4.79 Å². The second-order valence-corrected chi connectivity index (χ2v) is 3.85. The van der Waals surface area contributed by atoms with Gasteiger partial charge >= 0.3 is 0 Å². The average Bonchev–Trinajstić information content (AvgIpc) is 2.67. The van der Waals surface area contributed by atoms with Gasteiger partial charge in [-0.25, -0.2) is 0 Å². The lowest BCUT2D eigenvalue weighted by Crippen LogP contribution is -2.19. The summed E-state index contributed by atoms with van der Waals surface area (Å²) in [6.45, 7) is 2.11. The number of benzene rings is 1. The normalized spacial score (nSPS) is 10.2. The molecule has 0 aliphatic heterocycles. The van der Waals surface area contributed by atoms with Crippen molar-refractivity contribution in [3.05, 3.63) is 42.2 Å². The zero-order valence-electron chi connectivity index (χ0n) is 9.55. The first-order valence-electron chi connectivity index (χ1n) is 5.28. The van der Waals surface area contributed by atoms with Gasteiger partial charge in [0.1, 0.15) is 6.54 Å². The summed E-state index contributed by atoms with van der Waals surface area (Å²) in [4.78, 5) is 11.7. The predicted molar refractivity (Wildman–Crippen MR) is 66.4 cm³/mol. The third-order valence-corrected chi connectivity index (χ3v) is 2.30. The summed E-state index contributed by atoms with van der Waals surface area (Å²) in [6, 6.07) is 7.15. The molecule has 2 aromatic rings. The molecule has 0 fully saturated rings. The van der Waals surface area contributed by atoms with Crippen molar-refractivity contribution in [2.75, 3.05) is 11.1 Å². The molecule has 1 aromatic heterocycles. The van der Waals surface area contributed by atoms with E-state index in [2.05, 4.69) is 10.4 Å². The van der Waals surface area contributed by atoms with Gasteiger partial charge in [0.05, 0.1) is 17.6 Å². The van der Waals surface area contributed by atoms with Crippen LogP contribution < -0.4 is 11.1 Å². The lowest BCUT2D eigenvalue weighted by atomic mass is 10.2. The van der Waals surface area contributed by atoms with Gasteiger partial charge in [0.25, 0.3) is 0 Å². The average molecular weight is 230 g/mol. The van der Waals surface area contributed by atoms with Crippen LogP contribution in [0, 0.1) is 6.92 Å². The maximum Gasteiger partial charge on any atom is 0.246 e. The van der Waals surface area contributed by atoms with Crippen LogP contribution in [0.4, 0.5) is 11.4 Å². The van der Waals surface area contributed by atoms with Crippen LogP contribution in [0.25, 0.3) is 0 Å². The van der Waals surface area contributed by atoms with E-state index in [-0.39, 0.29) is 12.5 Å². The second kappa shape index (κ2) is 4.69. The number of nitrogens with one attached hydrogen (secondary N) is 1. The fourth-order valence-electron chi connectivity index (χ4n) is 1.50. The van der Waals surface area contributed by atoms with Crippen molar-refractivity contribution in [3.63, 3.8) is 0 Å².